The van der Waals surface area contributed by atoms with Crippen LogP contribution >= 0.6 is 0 Å². The van der Waals surface area contributed by atoms with Crippen LogP contribution in [0.25, 0.3) is 0 Å². The van der Waals surface area contributed by atoms with Gasteiger partial charge in [-0.1, -0.05) is 0 Å². The third-order valence-corrected chi connectivity index (χ3v) is 3.02. The molecule has 1 aliphatic rings. The van der Waals surface area contributed by atoms with Gasteiger partial charge in [0.25, 0.3) is 0 Å². The standard InChI is InChI=1S/C13H26N2O3/c1-10(15-9-13(17)6-5-7-13)8-14-11(16)18-12(2,3)4/h10,15,17H,5-9H2,1-4H3,(H,14,16). The summed E-state index contributed by atoms with van der Waals surface area (Å²) in [5.41, 5.74) is -0.998. The number of carbonyl (C=O) groups excluding carboxylic acids is 1. The number of rotatable bonds is 5. The number of nitrogens with one attached hydrogen (secondary N) is 2. The van der Waals surface area contributed by atoms with Crippen LogP contribution in [0, 0.1) is 0 Å². The summed E-state index contributed by atoms with van der Waals surface area (Å²) in [5, 5.41) is 15.8. The smallest absolute Gasteiger partial charge is 0.407 e. The minimum atomic E-state index is -0.528. The average Bonchev–Trinajstić information content (AvgIpc) is 2.18. The first-order valence-corrected chi connectivity index (χ1v) is 6.63. The van der Waals surface area contributed by atoms with Gasteiger partial charge in [0.05, 0.1) is 5.60 Å². The lowest BCUT2D eigenvalue weighted by Crippen LogP contribution is -2.50. The van der Waals surface area contributed by atoms with Crippen molar-refractivity contribution >= 4 is 6.09 Å². The molecule has 0 heterocycles. The lowest BCUT2D eigenvalue weighted by atomic mass is 9.80. The molecule has 0 saturated heterocycles. The summed E-state index contributed by atoms with van der Waals surface area (Å²) < 4.78 is 5.14. The molecule has 1 atom stereocenters. The van der Waals surface area contributed by atoms with Gasteiger partial charge in [0.2, 0.25) is 0 Å². The number of aliphatic hydroxyl groups is 1. The molecule has 1 rings (SSSR count). The van der Waals surface area contributed by atoms with Crippen LogP contribution in [0.5, 0.6) is 0 Å². The number of ether oxygens (including phenoxy) is 1. The van der Waals surface area contributed by atoms with Crippen LogP contribution in [0.15, 0.2) is 0 Å². The Kier molecular flexibility index (Phi) is 4.99. The summed E-state index contributed by atoms with van der Waals surface area (Å²) in [6.45, 7) is 8.55. The highest BCUT2D eigenvalue weighted by atomic mass is 16.6. The van der Waals surface area contributed by atoms with Gasteiger partial charge in [0.15, 0.2) is 0 Å². The molecule has 1 amide bonds. The Hall–Kier alpha value is -0.810. The van der Waals surface area contributed by atoms with Gasteiger partial charge in [0, 0.05) is 19.1 Å². The third-order valence-electron chi connectivity index (χ3n) is 3.02. The van der Waals surface area contributed by atoms with E-state index in [1.807, 2.05) is 27.7 Å². The second-order valence-electron chi connectivity index (χ2n) is 6.24. The van der Waals surface area contributed by atoms with E-state index in [0.29, 0.717) is 13.1 Å². The van der Waals surface area contributed by atoms with Crippen molar-refractivity contribution in [1.29, 1.82) is 0 Å². The molecular weight excluding hydrogens is 232 g/mol. The highest BCUT2D eigenvalue weighted by molar-refractivity contribution is 5.67. The van der Waals surface area contributed by atoms with Crippen molar-refractivity contribution in [3.63, 3.8) is 0 Å². The van der Waals surface area contributed by atoms with Crippen molar-refractivity contribution in [3.8, 4) is 0 Å². The summed E-state index contributed by atoms with van der Waals surface area (Å²) >= 11 is 0. The van der Waals surface area contributed by atoms with Gasteiger partial charge in [-0.15, -0.1) is 0 Å². The highest BCUT2D eigenvalue weighted by Crippen LogP contribution is 2.30. The first-order valence-electron chi connectivity index (χ1n) is 6.63. The Balaban J connectivity index is 2.12. The molecule has 0 bridgehead atoms. The quantitative estimate of drug-likeness (QED) is 0.697. The second-order valence-corrected chi connectivity index (χ2v) is 6.24. The summed E-state index contributed by atoms with van der Waals surface area (Å²) in [6, 6.07) is 0.113. The second kappa shape index (κ2) is 5.89. The Morgan fingerprint density at radius 3 is 2.50 bits per heavy atom. The number of carbonyl (C=O) groups is 1. The maximum atomic E-state index is 11.4. The Labute approximate surface area is 109 Å². The fourth-order valence-electron chi connectivity index (χ4n) is 1.75. The molecule has 0 radical (unpaired) electrons. The largest absolute Gasteiger partial charge is 0.444 e. The van der Waals surface area contributed by atoms with E-state index in [1.54, 1.807) is 0 Å². The predicted molar refractivity (Wildman–Crippen MR) is 70.5 cm³/mol. The number of hydrogen-bond donors (Lipinski definition) is 3. The van der Waals surface area contributed by atoms with Crippen LogP contribution in [0.4, 0.5) is 4.79 Å². The topological polar surface area (TPSA) is 70.6 Å². The number of amides is 1. The molecule has 1 saturated carbocycles. The Morgan fingerprint density at radius 2 is 2.06 bits per heavy atom. The summed E-state index contributed by atoms with van der Waals surface area (Å²) in [7, 11) is 0. The van der Waals surface area contributed by atoms with E-state index in [2.05, 4.69) is 10.6 Å². The van der Waals surface area contributed by atoms with Gasteiger partial charge < -0.3 is 20.5 Å². The maximum Gasteiger partial charge on any atom is 0.407 e. The van der Waals surface area contributed by atoms with E-state index >= 15 is 0 Å². The number of alkyl carbamates (subject to hydrolysis) is 1. The SMILES string of the molecule is CC(CNC(=O)OC(C)(C)C)NCC1(O)CCC1. The van der Waals surface area contributed by atoms with Gasteiger partial charge >= 0.3 is 6.09 Å². The number of hydrogen-bond acceptors (Lipinski definition) is 4. The van der Waals surface area contributed by atoms with E-state index in [0.717, 1.165) is 19.3 Å². The van der Waals surface area contributed by atoms with E-state index in [9.17, 15) is 9.90 Å². The zero-order valence-corrected chi connectivity index (χ0v) is 11.9. The van der Waals surface area contributed by atoms with E-state index in [-0.39, 0.29) is 6.04 Å². The summed E-state index contributed by atoms with van der Waals surface area (Å²) in [4.78, 5) is 11.4. The van der Waals surface area contributed by atoms with Gasteiger partial charge in [-0.3, -0.25) is 0 Å². The zero-order valence-electron chi connectivity index (χ0n) is 11.9. The highest BCUT2D eigenvalue weighted by Gasteiger charge is 2.34. The van der Waals surface area contributed by atoms with Gasteiger partial charge in [-0.2, -0.15) is 0 Å². The molecular formula is C13H26N2O3. The van der Waals surface area contributed by atoms with E-state index in [1.165, 1.54) is 0 Å². The molecule has 1 aliphatic carbocycles. The molecule has 1 fully saturated rings. The fraction of sp³-hybridized carbons (Fsp3) is 0.923. The molecule has 0 aromatic heterocycles. The first-order chi connectivity index (χ1) is 8.20. The minimum Gasteiger partial charge on any atom is -0.444 e. The zero-order chi connectivity index (χ0) is 13.8. The van der Waals surface area contributed by atoms with Crippen molar-refractivity contribution in [2.24, 2.45) is 0 Å². The maximum absolute atomic E-state index is 11.4. The van der Waals surface area contributed by atoms with Crippen molar-refractivity contribution in [3.05, 3.63) is 0 Å². The normalized spacial score (nSPS) is 19.8. The van der Waals surface area contributed by atoms with Crippen molar-refractivity contribution < 1.29 is 14.6 Å². The summed E-state index contributed by atoms with van der Waals surface area (Å²) in [5.74, 6) is 0. The molecule has 0 aromatic rings. The minimum absolute atomic E-state index is 0.113. The molecule has 106 valence electrons. The van der Waals surface area contributed by atoms with Crippen molar-refractivity contribution in [1.82, 2.24) is 10.6 Å². The third kappa shape index (κ3) is 5.69. The lowest BCUT2D eigenvalue weighted by Gasteiger charge is -2.37. The summed E-state index contributed by atoms with van der Waals surface area (Å²) in [6.07, 6.45) is 2.43. The van der Waals surface area contributed by atoms with Crippen LogP contribution < -0.4 is 10.6 Å². The van der Waals surface area contributed by atoms with Gasteiger partial charge in [-0.25, -0.2) is 4.79 Å². The van der Waals surface area contributed by atoms with Crippen LogP contribution in [-0.4, -0.2) is 41.5 Å². The fourth-order valence-corrected chi connectivity index (χ4v) is 1.75. The molecule has 0 aromatic carbocycles. The molecule has 3 N–H and O–H groups in total. The Bertz CT molecular complexity index is 282. The van der Waals surface area contributed by atoms with Crippen LogP contribution in [0.1, 0.15) is 47.0 Å². The van der Waals surface area contributed by atoms with Crippen LogP contribution in [-0.2, 0) is 4.74 Å². The van der Waals surface area contributed by atoms with Crippen LogP contribution in [0.3, 0.4) is 0 Å². The van der Waals surface area contributed by atoms with E-state index < -0.39 is 17.3 Å². The van der Waals surface area contributed by atoms with Crippen molar-refractivity contribution in [2.45, 2.75) is 64.2 Å². The molecule has 0 aliphatic heterocycles. The molecule has 5 nitrogen and oxygen atoms in total. The molecule has 0 spiro atoms. The lowest BCUT2D eigenvalue weighted by molar-refractivity contribution is -0.0328. The van der Waals surface area contributed by atoms with Crippen molar-refractivity contribution in [2.75, 3.05) is 13.1 Å². The molecule has 5 heteroatoms. The Morgan fingerprint density at radius 1 is 1.44 bits per heavy atom. The van der Waals surface area contributed by atoms with E-state index in [4.69, 9.17) is 4.74 Å². The van der Waals surface area contributed by atoms with Crippen LogP contribution in [0.2, 0.25) is 0 Å². The van der Waals surface area contributed by atoms with Gasteiger partial charge in [-0.05, 0) is 47.0 Å². The first kappa shape index (κ1) is 15.2. The predicted octanol–water partition coefficient (Wildman–Crippen LogP) is 1.40. The monoisotopic (exact) mass is 258 g/mol. The molecule has 1 unspecified atom stereocenters. The average molecular weight is 258 g/mol. The van der Waals surface area contributed by atoms with Gasteiger partial charge in [0.1, 0.15) is 5.60 Å². The molecule has 18 heavy (non-hydrogen) atoms.